The van der Waals surface area contributed by atoms with Crippen molar-refractivity contribution < 1.29 is 5.21 Å². The van der Waals surface area contributed by atoms with Gasteiger partial charge in [-0.2, -0.15) is 0 Å². The second-order valence-electron chi connectivity index (χ2n) is 5.79. The van der Waals surface area contributed by atoms with Gasteiger partial charge in [-0.05, 0) is 37.2 Å². The van der Waals surface area contributed by atoms with E-state index < -0.39 is 0 Å². The lowest BCUT2D eigenvalue weighted by Gasteiger charge is -2.22. The average molecular weight is 259 g/mol. The summed E-state index contributed by atoms with van der Waals surface area (Å²) in [6.45, 7) is 2.28. The third kappa shape index (κ3) is 3.26. The topological polar surface area (TPSA) is 61.9 Å². The van der Waals surface area contributed by atoms with Crippen LogP contribution in [0.2, 0.25) is 0 Å². The molecule has 2 aliphatic rings. The number of hydrogen-bond donors (Lipinski definition) is 2. The lowest BCUT2D eigenvalue weighted by Crippen LogP contribution is -2.27. The molecule has 0 unspecified atom stereocenters. The molecule has 0 aromatic heterocycles. The second kappa shape index (κ2) is 5.21. The molecule has 0 heterocycles. The molecule has 0 bridgehead atoms. The van der Waals surface area contributed by atoms with Gasteiger partial charge in [0.05, 0.1) is 0 Å². The van der Waals surface area contributed by atoms with Gasteiger partial charge in [-0.1, -0.05) is 29.4 Å². The van der Waals surface area contributed by atoms with Crippen molar-refractivity contribution in [1.82, 2.24) is 4.90 Å². The predicted octanol–water partition coefficient (Wildman–Crippen LogP) is 2.16. The van der Waals surface area contributed by atoms with E-state index in [1.165, 1.54) is 37.8 Å². The van der Waals surface area contributed by atoms with E-state index in [1.54, 1.807) is 0 Å². The largest absolute Gasteiger partial charge is 0.409 e. The number of rotatable bonds is 6. The first-order valence-corrected chi connectivity index (χ1v) is 7.07. The highest BCUT2D eigenvalue weighted by Gasteiger charge is 2.33. The highest BCUT2D eigenvalue weighted by atomic mass is 16.4. The molecule has 2 saturated carbocycles. The Bertz CT molecular complexity index is 461. The summed E-state index contributed by atoms with van der Waals surface area (Å²) in [6, 6.07) is 8.81. The standard InChI is InChI=1S/C15H21N3O/c16-15(17-19)13-5-3-12(4-6-13)10-18(14-7-8-14)9-11-1-2-11/h3-6,11,14,19H,1-2,7-10H2,(H2,16,17). The Labute approximate surface area is 113 Å². The van der Waals surface area contributed by atoms with Crippen molar-refractivity contribution in [3.05, 3.63) is 35.4 Å². The van der Waals surface area contributed by atoms with Gasteiger partial charge in [-0.15, -0.1) is 0 Å². The van der Waals surface area contributed by atoms with Gasteiger partial charge in [-0.3, -0.25) is 4.90 Å². The molecule has 1 aromatic rings. The maximum Gasteiger partial charge on any atom is 0.170 e. The summed E-state index contributed by atoms with van der Waals surface area (Å²) in [5.41, 5.74) is 7.64. The molecule has 3 rings (SSSR count). The zero-order valence-electron chi connectivity index (χ0n) is 11.1. The Morgan fingerprint density at radius 1 is 1.21 bits per heavy atom. The molecule has 102 valence electrons. The fourth-order valence-corrected chi connectivity index (χ4v) is 2.49. The summed E-state index contributed by atoms with van der Waals surface area (Å²) >= 11 is 0. The molecule has 4 nitrogen and oxygen atoms in total. The molecule has 0 radical (unpaired) electrons. The molecule has 1 aromatic carbocycles. The van der Waals surface area contributed by atoms with Gasteiger partial charge >= 0.3 is 0 Å². The normalized spacial score (nSPS) is 19.9. The van der Waals surface area contributed by atoms with E-state index in [0.29, 0.717) is 0 Å². The smallest absolute Gasteiger partial charge is 0.170 e. The quantitative estimate of drug-likeness (QED) is 0.356. The monoisotopic (exact) mass is 259 g/mol. The molecule has 0 amide bonds. The van der Waals surface area contributed by atoms with Crippen LogP contribution < -0.4 is 5.73 Å². The molecule has 0 saturated heterocycles. The summed E-state index contributed by atoms with van der Waals surface area (Å²) in [6.07, 6.45) is 5.53. The van der Waals surface area contributed by atoms with Gasteiger partial charge in [-0.25, -0.2) is 0 Å². The molecule has 4 heteroatoms. The number of nitrogens with zero attached hydrogens (tertiary/aromatic N) is 2. The summed E-state index contributed by atoms with van der Waals surface area (Å²) in [5, 5.41) is 11.7. The summed E-state index contributed by atoms with van der Waals surface area (Å²) in [5.74, 6) is 1.11. The molecule has 3 N–H and O–H groups in total. The van der Waals surface area contributed by atoms with Crippen molar-refractivity contribution in [2.24, 2.45) is 16.8 Å². The highest BCUT2D eigenvalue weighted by Crippen LogP contribution is 2.35. The second-order valence-corrected chi connectivity index (χ2v) is 5.79. The van der Waals surface area contributed by atoms with Crippen LogP contribution in [0.25, 0.3) is 0 Å². The summed E-state index contributed by atoms with van der Waals surface area (Å²) in [4.78, 5) is 2.62. The molecule has 2 aliphatic carbocycles. The third-order valence-corrected chi connectivity index (χ3v) is 4.00. The number of amidine groups is 1. The van der Waals surface area contributed by atoms with Crippen molar-refractivity contribution >= 4 is 5.84 Å². The molecule has 2 fully saturated rings. The fourth-order valence-electron chi connectivity index (χ4n) is 2.49. The Kier molecular flexibility index (Phi) is 3.42. The average Bonchev–Trinajstić information content (AvgIpc) is 3.29. The number of hydrogen-bond acceptors (Lipinski definition) is 3. The van der Waals surface area contributed by atoms with Crippen LogP contribution in [0.4, 0.5) is 0 Å². The fraction of sp³-hybridized carbons (Fsp3) is 0.533. The van der Waals surface area contributed by atoms with Gasteiger partial charge in [0.15, 0.2) is 5.84 Å². The lowest BCUT2D eigenvalue weighted by molar-refractivity contribution is 0.244. The number of oxime groups is 1. The Morgan fingerprint density at radius 3 is 2.42 bits per heavy atom. The van der Waals surface area contributed by atoms with Crippen molar-refractivity contribution in [1.29, 1.82) is 0 Å². The van der Waals surface area contributed by atoms with Gasteiger partial charge in [0.2, 0.25) is 0 Å². The van der Waals surface area contributed by atoms with Crippen molar-refractivity contribution in [3.63, 3.8) is 0 Å². The van der Waals surface area contributed by atoms with Gasteiger partial charge < -0.3 is 10.9 Å². The zero-order valence-corrected chi connectivity index (χ0v) is 11.1. The molecule has 0 aliphatic heterocycles. The van der Waals surface area contributed by atoms with Gasteiger partial charge in [0, 0.05) is 24.7 Å². The minimum Gasteiger partial charge on any atom is -0.409 e. The van der Waals surface area contributed by atoms with Crippen LogP contribution in [0.15, 0.2) is 29.4 Å². The highest BCUT2D eigenvalue weighted by molar-refractivity contribution is 5.96. The summed E-state index contributed by atoms with van der Waals surface area (Å²) in [7, 11) is 0. The zero-order chi connectivity index (χ0) is 13.2. The number of benzene rings is 1. The van der Waals surface area contributed by atoms with E-state index in [9.17, 15) is 0 Å². The first-order chi connectivity index (χ1) is 9.26. The molecule has 0 spiro atoms. The van der Waals surface area contributed by atoms with Crippen molar-refractivity contribution in [3.8, 4) is 0 Å². The Hall–Kier alpha value is -1.55. The minimum atomic E-state index is 0.170. The Morgan fingerprint density at radius 2 is 1.89 bits per heavy atom. The van der Waals surface area contributed by atoms with E-state index in [4.69, 9.17) is 10.9 Å². The van der Waals surface area contributed by atoms with Crippen LogP contribution >= 0.6 is 0 Å². The van der Waals surface area contributed by atoms with Crippen LogP contribution in [-0.4, -0.2) is 28.5 Å². The maximum absolute atomic E-state index is 8.64. The van der Waals surface area contributed by atoms with E-state index in [1.807, 2.05) is 12.1 Å². The molecular weight excluding hydrogens is 238 g/mol. The van der Waals surface area contributed by atoms with Gasteiger partial charge in [0.1, 0.15) is 0 Å². The van der Waals surface area contributed by atoms with Crippen LogP contribution in [0.5, 0.6) is 0 Å². The summed E-state index contributed by atoms with van der Waals surface area (Å²) < 4.78 is 0. The lowest BCUT2D eigenvalue weighted by atomic mass is 10.1. The van der Waals surface area contributed by atoms with Gasteiger partial charge in [0.25, 0.3) is 0 Å². The van der Waals surface area contributed by atoms with E-state index in [0.717, 1.165) is 24.1 Å². The van der Waals surface area contributed by atoms with Crippen molar-refractivity contribution in [2.45, 2.75) is 38.3 Å². The molecule has 19 heavy (non-hydrogen) atoms. The predicted molar refractivity (Wildman–Crippen MR) is 75.1 cm³/mol. The minimum absolute atomic E-state index is 0.170. The van der Waals surface area contributed by atoms with Crippen LogP contribution in [0.1, 0.15) is 36.8 Å². The van der Waals surface area contributed by atoms with Crippen LogP contribution in [-0.2, 0) is 6.54 Å². The molecule has 0 atom stereocenters. The first-order valence-electron chi connectivity index (χ1n) is 7.07. The van der Waals surface area contributed by atoms with Crippen molar-refractivity contribution in [2.75, 3.05) is 6.54 Å². The SMILES string of the molecule is NC(=NO)c1ccc(CN(CC2CC2)C2CC2)cc1. The Balaban J connectivity index is 1.64. The first kappa shape index (κ1) is 12.5. The molecular formula is C15H21N3O. The van der Waals surface area contributed by atoms with E-state index >= 15 is 0 Å². The maximum atomic E-state index is 8.64. The van der Waals surface area contributed by atoms with E-state index in [2.05, 4.69) is 22.2 Å². The van der Waals surface area contributed by atoms with Crippen LogP contribution in [0.3, 0.4) is 0 Å². The van der Waals surface area contributed by atoms with Crippen LogP contribution in [0, 0.1) is 5.92 Å². The third-order valence-electron chi connectivity index (χ3n) is 4.00. The van der Waals surface area contributed by atoms with E-state index in [-0.39, 0.29) is 5.84 Å². The number of nitrogens with two attached hydrogens (primary N) is 1.